The van der Waals surface area contributed by atoms with Gasteiger partial charge in [-0.1, -0.05) is 245 Å². The van der Waals surface area contributed by atoms with Crippen molar-refractivity contribution in [3.05, 3.63) is 109 Å². The van der Waals surface area contributed by atoms with E-state index in [0.717, 1.165) is 96.3 Å². The Morgan fingerprint density at radius 3 is 1.18 bits per heavy atom. The van der Waals surface area contributed by atoms with E-state index in [9.17, 15) is 61.0 Å². The first-order valence-electron chi connectivity index (χ1n) is 36.6. The van der Waals surface area contributed by atoms with Crippen molar-refractivity contribution < 1.29 is 89.4 Å². The molecule has 17 unspecified atom stereocenters. The van der Waals surface area contributed by atoms with Crippen molar-refractivity contribution in [1.82, 2.24) is 5.32 Å². The first-order chi connectivity index (χ1) is 46.3. The number of carbonyl (C=O) groups is 1. The van der Waals surface area contributed by atoms with Crippen molar-refractivity contribution in [3.8, 4) is 0 Å². The van der Waals surface area contributed by atoms with Crippen LogP contribution in [0.15, 0.2) is 109 Å². The van der Waals surface area contributed by atoms with Gasteiger partial charge < -0.3 is 89.9 Å². The molecule has 0 spiro atoms. The molecule has 0 aromatic rings. The highest BCUT2D eigenvalue weighted by Crippen LogP contribution is 2.33. The first-order valence-corrected chi connectivity index (χ1v) is 36.6. The Balaban J connectivity index is 1.39. The number of unbranched alkanes of at least 4 members (excludes halogenated alkanes) is 23. The molecule has 17 atom stereocenters. The fourth-order valence-electron chi connectivity index (χ4n) is 11.7. The van der Waals surface area contributed by atoms with Crippen LogP contribution in [-0.2, 0) is 33.2 Å². The zero-order valence-corrected chi connectivity index (χ0v) is 57.9. The molecule has 19 heteroatoms. The Labute approximate surface area is 570 Å². The quantitative estimate of drug-likeness (QED) is 0.0199. The molecular weight excluding hydrogens is 1210 g/mol. The minimum atomic E-state index is -1.99. The second-order valence-electron chi connectivity index (χ2n) is 25.7. The maximum absolute atomic E-state index is 13.4. The molecule has 1 amide bonds. The highest BCUT2D eigenvalue weighted by atomic mass is 16.8. The number of allylic oxidation sites excluding steroid dienone is 17. The highest BCUT2D eigenvalue weighted by molar-refractivity contribution is 5.76. The topological polar surface area (TPSA) is 307 Å². The van der Waals surface area contributed by atoms with E-state index in [1.807, 2.05) is 6.08 Å². The van der Waals surface area contributed by atoms with Gasteiger partial charge in [-0.25, -0.2) is 0 Å². The molecule has 3 rings (SSSR count). The molecule has 3 aliphatic rings. The number of rotatable bonds is 55. The molecule has 3 aliphatic heterocycles. The fraction of sp³-hybridized carbons (Fsp3) is 0.750. The molecule has 0 aromatic heterocycles. The summed E-state index contributed by atoms with van der Waals surface area (Å²) in [4.78, 5) is 13.4. The lowest BCUT2D eigenvalue weighted by Crippen LogP contribution is -2.66. The van der Waals surface area contributed by atoms with Gasteiger partial charge in [0.15, 0.2) is 18.9 Å². The lowest BCUT2D eigenvalue weighted by molar-refractivity contribution is -0.379. The van der Waals surface area contributed by atoms with Gasteiger partial charge in [-0.05, 0) is 89.9 Å². The number of ether oxygens (including phenoxy) is 6. The van der Waals surface area contributed by atoms with Crippen LogP contribution in [0.5, 0.6) is 0 Å². The number of nitrogens with one attached hydrogen (secondary N) is 1. The van der Waals surface area contributed by atoms with Gasteiger partial charge in [0, 0.05) is 6.42 Å². The summed E-state index contributed by atoms with van der Waals surface area (Å²) in [5.41, 5.74) is 0. The van der Waals surface area contributed by atoms with Gasteiger partial charge in [0.25, 0.3) is 0 Å². The van der Waals surface area contributed by atoms with Crippen LogP contribution in [-0.4, -0.2) is 193 Å². The smallest absolute Gasteiger partial charge is 0.220 e. The van der Waals surface area contributed by atoms with E-state index in [4.69, 9.17) is 28.4 Å². The zero-order chi connectivity index (χ0) is 68.9. The SMILES string of the molecule is CC/C=C\C/C=C\C/C=C\C/C=C\C/C=C\C/C=C\C/C=C\CCCCCCCCCCCCCC(=O)NC(COC1OC(CO)C(OC2OC(CO)C(OC3OC(CO)C(O)C(O)C3O)C(O)C2O)C(O)C1O)C(O)/C=C/CC/C=C/CCCCCCCCCCCCC. The standard InChI is InChI=1S/C76H129NO18/c1-3-5-7-9-11-13-15-17-19-21-22-23-24-25-26-27-28-29-30-31-32-33-34-35-36-38-40-42-44-46-48-50-52-54-64(82)77-59(60(81)53-51-49-47-45-43-41-39-37-20-18-16-14-12-10-8-6-4-2)58-90-74-70(88)67(85)72(62(56-79)92-74)95-76-71(89)68(86)73(63(57-80)93-76)94-75-69(87)66(84)65(83)61(55-78)91-75/h5,7,11,13,17,19,22-23,25-26,28-29,31-32,43,45,51,53,59-63,65-76,78-81,83-89H,3-4,6,8-10,12,14-16,18,20-21,24,27,30,33-42,44,46-50,52,54-58H2,1-2H3,(H,77,82)/b7-5-,13-11-,19-17-,23-22-,26-25-,29-28-,32-31-,45-43+,53-51+. The van der Waals surface area contributed by atoms with E-state index in [0.29, 0.717) is 12.8 Å². The number of aliphatic hydroxyl groups excluding tert-OH is 11. The van der Waals surface area contributed by atoms with Crippen molar-refractivity contribution in [1.29, 1.82) is 0 Å². The van der Waals surface area contributed by atoms with Crippen LogP contribution in [0.2, 0.25) is 0 Å². The van der Waals surface area contributed by atoms with Crippen LogP contribution < -0.4 is 5.32 Å². The number of hydrogen-bond donors (Lipinski definition) is 12. The van der Waals surface area contributed by atoms with Crippen LogP contribution in [0, 0.1) is 0 Å². The van der Waals surface area contributed by atoms with Crippen molar-refractivity contribution >= 4 is 5.91 Å². The normalized spacial score (nSPS) is 27.9. The molecule has 0 bridgehead atoms. The summed E-state index contributed by atoms with van der Waals surface area (Å²) in [5.74, 6) is -0.293. The fourth-order valence-corrected chi connectivity index (χ4v) is 11.7. The number of aliphatic hydroxyl groups is 11. The van der Waals surface area contributed by atoms with Crippen molar-refractivity contribution in [2.75, 3.05) is 26.4 Å². The molecule has 3 saturated heterocycles. The summed E-state index contributed by atoms with van der Waals surface area (Å²) < 4.78 is 34.3. The predicted molar refractivity (Wildman–Crippen MR) is 374 cm³/mol. The van der Waals surface area contributed by atoms with Crippen molar-refractivity contribution in [2.45, 2.75) is 336 Å². The van der Waals surface area contributed by atoms with Crippen LogP contribution in [0.25, 0.3) is 0 Å². The minimum absolute atomic E-state index is 0.225. The maximum Gasteiger partial charge on any atom is 0.220 e. The molecule has 19 nitrogen and oxygen atoms in total. The van der Waals surface area contributed by atoms with E-state index in [-0.39, 0.29) is 18.9 Å². The molecule has 546 valence electrons. The Bertz CT molecular complexity index is 2140. The molecule has 12 N–H and O–H groups in total. The molecular formula is C76H129NO18. The van der Waals surface area contributed by atoms with Gasteiger partial charge in [-0.15, -0.1) is 0 Å². The van der Waals surface area contributed by atoms with E-state index in [1.165, 1.54) is 103 Å². The summed E-state index contributed by atoms with van der Waals surface area (Å²) in [6, 6.07) is -0.999. The Hall–Kier alpha value is -3.55. The number of amides is 1. The number of hydrogen-bond acceptors (Lipinski definition) is 18. The average molecular weight is 1340 g/mol. The van der Waals surface area contributed by atoms with Crippen molar-refractivity contribution in [2.24, 2.45) is 0 Å². The maximum atomic E-state index is 13.4. The second kappa shape index (κ2) is 56.2. The molecule has 95 heavy (non-hydrogen) atoms. The van der Waals surface area contributed by atoms with E-state index in [1.54, 1.807) is 6.08 Å². The monoisotopic (exact) mass is 1340 g/mol. The van der Waals surface area contributed by atoms with Crippen LogP contribution in [0.4, 0.5) is 0 Å². The van der Waals surface area contributed by atoms with Gasteiger partial charge in [-0.2, -0.15) is 0 Å². The summed E-state index contributed by atoms with van der Waals surface area (Å²) in [6.07, 6.45) is 49.2. The van der Waals surface area contributed by atoms with Crippen LogP contribution in [0.1, 0.15) is 232 Å². The minimum Gasteiger partial charge on any atom is -0.394 e. The zero-order valence-electron chi connectivity index (χ0n) is 57.9. The Kier molecular flexibility index (Phi) is 50.7. The largest absolute Gasteiger partial charge is 0.394 e. The van der Waals surface area contributed by atoms with Gasteiger partial charge in [-0.3, -0.25) is 4.79 Å². The molecule has 3 fully saturated rings. The Morgan fingerprint density at radius 2 is 0.737 bits per heavy atom. The summed E-state index contributed by atoms with van der Waals surface area (Å²) in [5, 5.41) is 121. The van der Waals surface area contributed by atoms with Crippen molar-refractivity contribution in [3.63, 3.8) is 0 Å². The molecule has 3 heterocycles. The molecule has 0 aliphatic carbocycles. The van der Waals surface area contributed by atoms with Gasteiger partial charge in [0.2, 0.25) is 5.91 Å². The summed E-state index contributed by atoms with van der Waals surface area (Å²) >= 11 is 0. The van der Waals surface area contributed by atoms with Gasteiger partial charge in [0.05, 0.1) is 38.6 Å². The summed E-state index contributed by atoms with van der Waals surface area (Å²) in [6.45, 7) is 1.59. The molecule has 0 radical (unpaired) electrons. The van der Waals surface area contributed by atoms with Gasteiger partial charge >= 0.3 is 0 Å². The average Bonchev–Trinajstić information content (AvgIpc) is 0.786. The lowest BCUT2D eigenvalue weighted by atomic mass is 9.96. The van der Waals surface area contributed by atoms with E-state index >= 15 is 0 Å². The Morgan fingerprint density at radius 1 is 0.389 bits per heavy atom. The van der Waals surface area contributed by atoms with Crippen LogP contribution in [0.3, 0.4) is 0 Å². The predicted octanol–water partition coefficient (Wildman–Crippen LogP) is 10.6. The molecule has 0 saturated carbocycles. The first kappa shape index (κ1) is 85.7. The van der Waals surface area contributed by atoms with Crippen LogP contribution >= 0.6 is 0 Å². The number of carbonyl (C=O) groups excluding carboxylic acids is 1. The highest BCUT2D eigenvalue weighted by Gasteiger charge is 2.53. The third-order valence-corrected chi connectivity index (χ3v) is 17.6. The van der Waals surface area contributed by atoms with E-state index in [2.05, 4.69) is 116 Å². The molecule has 0 aromatic carbocycles. The summed E-state index contributed by atoms with van der Waals surface area (Å²) in [7, 11) is 0. The second-order valence-corrected chi connectivity index (χ2v) is 25.7. The van der Waals surface area contributed by atoms with Gasteiger partial charge in [0.1, 0.15) is 73.2 Å². The third kappa shape index (κ3) is 37.5. The van der Waals surface area contributed by atoms with E-state index < -0.39 is 124 Å². The lowest BCUT2D eigenvalue weighted by Gasteiger charge is -2.48. The third-order valence-electron chi connectivity index (χ3n) is 17.6.